The molecule has 0 spiro atoms. The maximum Gasteiger partial charge on any atom is 0.244 e. The number of nitrogens with zero attached hydrogens (tertiary/aromatic N) is 3. The molecule has 2 amide bonds. The third-order valence-corrected chi connectivity index (χ3v) is 5.52. The molecule has 2 aromatic rings. The lowest BCUT2D eigenvalue weighted by Gasteiger charge is -2.28. The van der Waals surface area contributed by atoms with Gasteiger partial charge in [-0.05, 0) is 24.3 Å². The number of thioether (sulfide) groups is 1. The zero-order chi connectivity index (χ0) is 18.6. The van der Waals surface area contributed by atoms with Crippen molar-refractivity contribution in [2.24, 2.45) is 0 Å². The molecule has 1 aromatic carbocycles. The van der Waals surface area contributed by atoms with Gasteiger partial charge in [0, 0.05) is 18.0 Å². The summed E-state index contributed by atoms with van der Waals surface area (Å²) in [6.07, 6.45) is 1.64. The number of fused-ring (bicyclic) bond motifs is 1. The highest BCUT2D eigenvalue weighted by Crippen LogP contribution is 2.34. The Balaban J connectivity index is 1.40. The first-order chi connectivity index (χ1) is 13.2. The zero-order valence-corrected chi connectivity index (χ0v) is 15.6. The molecule has 140 valence electrons. The minimum Gasteiger partial charge on any atom is -0.378 e. The number of aromatic nitrogens is 1. The van der Waals surface area contributed by atoms with Gasteiger partial charge in [0.1, 0.15) is 12.4 Å². The molecule has 27 heavy (non-hydrogen) atoms. The molecule has 0 radical (unpaired) electrons. The molecular weight excluding hydrogens is 364 g/mol. The summed E-state index contributed by atoms with van der Waals surface area (Å²) in [7, 11) is 0. The highest BCUT2D eigenvalue weighted by molar-refractivity contribution is 8.00. The Kier molecular flexibility index (Phi) is 5.26. The van der Waals surface area contributed by atoms with Crippen molar-refractivity contribution in [1.29, 1.82) is 0 Å². The summed E-state index contributed by atoms with van der Waals surface area (Å²) in [5.74, 6) is 0.911. The standard InChI is InChI=1S/C19H20N4O3S/c24-18(12-23-15-3-1-2-4-16(15)27-13-19(23)25)21-14-5-6-17(20-11-14)22-7-9-26-10-8-22/h1-6,11H,7-10,12-13H2,(H,21,24). The molecule has 2 aliphatic heterocycles. The van der Waals surface area contributed by atoms with Crippen LogP contribution in [0.4, 0.5) is 17.2 Å². The molecular formula is C19H20N4O3S. The fourth-order valence-electron chi connectivity index (χ4n) is 3.11. The summed E-state index contributed by atoms with van der Waals surface area (Å²) in [4.78, 5) is 33.8. The van der Waals surface area contributed by atoms with E-state index in [0.717, 1.165) is 29.5 Å². The van der Waals surface area contributed by atoms with E-state index in [-0.39, 0.29) is 18.4 Å². The number of hydrogen-bond acceptors (Lipinski definition) is 6. The minimum atomic E-state index is -0.244. The van der Waals surface area contributed by atoms with Crippen molar-refractivity contribution in [3.8, 4) is 0 Å². The maximum absolute atomic E-state index is 12.5. The zero-order valence-electron chi connectivity index (χ0n) is 14.8. The maximum atomic E-state index is 12.5. The molecule has 7 nitrogen and oxygen atoms in total. The number of rotatable bonds is 4. The molecule has 3 heterocycles. The first-order valence-corrected chi connectivity index (χ1v) is 9.80. The van der Waals surface area contributed by atoms with Gasteiger partial charge < -0.3 is 19.9 Å². The van der Waals surface area contributed by atoms with E-state index in [2.05, 4.69) is 15.2 Å². The van der Waals surface area contributed by atoms with E-state index in [4.69, 9.17) is 4.74 Å². The van der Waals surface area contributed by atoms with Gasteiger partial charge in [-0.2, -0.15) is 0 Å². The number of hydrogen-bond donors (Lipinski definition) is 1. The quantitative estimate of drug-likeness (QED) is 0.869. The highest BCUT2D eigenvalue weighted by atomic mass is 32.2. The topological polar surface area (TPSA) is 74.8 Å². The monoisotopic (exact) mass is 384 g/mol. The number of anilines is 3. The Hall–Kier alpha value is -2.58. The minimum absolute atomic E-state index is 0.0123. The van der Waals surface area contributed by atoms with E-state index in [1.807, 2.05) is 36.4 Å². The predicted octanol–water partition coefficient (Wildman–Crippen LogP) is 2.00. The number of carbonyl (C=O) groups is 2. The Morgan fingerprint density at radius 2 is 2.00 bits per heavy atom. The molecule has 0 aliphatic carbocycles. The number of pyridine rings is 1. The van der Waals surface area contributed by atoms with Gasteiger partial charge in [0.2, 0.25) is 11.8 Å². The van der Waals surface area contributed by atoms with Crippen molar-refractivity contribution in [3.63, 3.8) is 0 Å². The van der Waals surface area contributed by atoms with Crippen LogP contribution in [0.15, 0.2) is 47.5 Å². The summed E-state index contributed by atoms with van der Waals surface area (Å²) in [5.41, 5.74) is 1.40. The van der Waals surface area contributed by atoms with Crippen molar-refractivity contribution in [1.82, 2.24) is 4.98 Å². The molecule has 0 bridgehead atoms. The van der Waals surface area contributed by atoms with Crippen LogP contribution in [0.25, 0.3) is 0 Å². The van der Waals surface area contributed by atoms with Crippen LogP contribution in [0.2, 0.25) is 0 Å². The lowest BCUT2D eigenvalue weighted by Crippen LogP contribution is -2.41. The summed E-state index contributed by atoms with van der Waals surface area (Å²) in [6.45, 7) is 3.01. The number of ether oxygens (including phenoxy) is 1. The number of morpholine rings is 1. The molecule has 0 saturated carbocycles. The highest BCUT2D eigenvalue weighted by Gasteiger charge is 2.26. The van der Waals surface area contributed by atoms with Crippen LogP contribution in [0, 0.1) is 0 Å². The lowest BCUT2D eigenvalue weighted by molar-refractivity contribution is -0.120. The summed E-state index contributed by atoms with van der Waals surface area (Å²) >= 11 is 1.50. The Labute approximate surface area is 161 Å². The molecule has 8 heteroatoms. The SMILES string of the molecule is O=C(CN1C(=O)CSc2ccccc21)Nc1ccc(N2CCOCC2)nc1. The molecule has 0 atom stereocenters. The second kappa shape index (κ2) is 7.98. The first-order valence-electron chi connectivity index (χ1n) is 8.81. The predicted molar refractivity (Wildman–Crippen MR) is 105 cm³/mol. The summed E-state index contributed by atoms with van der Waals surface area (Å²) in [5, 5.41) is 2.83. The van der Waals surface area contributed by atoms with Crippen molar-refractivity contribution in [3.05, 3.63) is 42.6 Å². The number of nitrogens with one attached hydrogen (secondary N) is 1. The van der Waals surface area contributed by atoms with Crippen LogP contribution in [0.1, 0.15) is 0 Å². The van der Waals surface area contributed by atoms with Crippen LogP contribution in [0.3, 0.4) is 0 Å². The fourth-order valence-corrected chi connectivity index (χ4v) is 4.05. The number of amides is 2. The second-order valence-corrected chi connectivity index (χ2v) is 7.31. The fraction of sp³-hybridized carbons (Fsp3) is 0.316. The van der Waals surface area contributed by atoms with Crippen molar-refractivity contribution in [2.45, 2.75) is 4.90 Å². The van der Waals surface area contributed by atoms with Crippen LogP contribution < -0.4 is 15.1 Å². The summed E-state index contributed by atoms with van der Waals surface area (Å²) in [6, 6.07) is 11.4. The Bertz CT molecular complexity index is 837. The van der Waals surface area contributed by atoms with E-state index >= 15 is 0 Å². The molecule has 1 fully saturated rings. The normalized spacial score (nSPS) is 16.8. The first kappa shape index (κ1) is 17.8. The van der Waals surface area contributed by atoms with Gasteiger partial charge in [0.15, 0.2) is 0 Å². The van der Waals surface area contributed by atoms with Gasteiger partial charge >= 0.3 is 0 Å². The lowest BCUT2D eigenvalue weighted by atomic mass is 10.2. The Morgan fingerprint density at radius 3 is 2.78 bits per heavy atom. The average molecular weight is 384 g/mol. The van der Waals surface area contributed by atoms with Crippen molar-refractivity contribution >= 4 is 40.8 Å². The van der Waals surface area contributed by atoms with Gasteiger partial charge in [-0.15, -0.1) is 11.8 Å². The molecule has 2 aliphatic rings. The summed E-state index contributed by atoms with van der Waals surface area (Å²) < 4.78 is 5.34. The Morgan fingerprint density at radius 1 is 1.19 bits per heavy atom. The number of carbonyl (C=O) groups excluding carboxylic acids is 2. The van der Waals surface area contributed by atoms with Gasteiger partial charge in [-0.3, -0.25) is 9.59 Å². The molecule has 4 rings (SSSR count). The van der Waals surface area contributed by atoms with E-state index < -0.39 is 0 Å². The van der Waals surface area contributed by atoms with E-state index in [9.17, 15) is 9.59 Å². The van der Waals surface area contributed by atoms with E-state index in [0.29, 0.717) is 24.7 Å². The van der Waals surface area contributed by atoms with Gasteiger partial charge in [-0.1, -0.05) is 12.1 Å². The average Bonchev–Trinajstić information content (AvgIpc) is 2.71. The van der Waals surface area contributed by atoms with Crippen LogP contribution in [-0.2, 0) is 14.3 Å². The largest absolute Gasteiger partial charge is 0.378 e. The number of para-hydroxylation sites is 1. The third kappa shape index (κ3) is 4.06. The van der Waals surface area contributed by atoms with Crippen LogP contribution in [-0.4, -0.2) is 55.4 Å². The van der Waals surface area contributed by atoms with Crippen molar-refractivity contribution < 1.29 is 14.3 Å². The molecule has 0 unspecified atom stereocenters. The van der Waals surface area contributed by atoms with E-state index in [1.54, 1.807) is 6.20 Å². The molecule has 1 aromatic heterocycles. The third-order valence-electron chi connectivity index (χ3n) is 4.48. The van der Waals surface area contributed by atoms with Crippen LogP contribution >= 0.6 is 11.8 Å². The van der Waals surface area contributed by atoms with E-state index in [1.165, 1.54) is 16.7 Å². The second-order valence-electron chi connectivity index (χ2n) is 6.29. The molecule has 1 N–H and O–H groups in total. The van der Waals surface area contributed by atoms with Crippen molar-refractivity contribution in [2.75, 3.05) is 53.7 Å². The van der Waals surface area contributed by atoms with Gasteiger partial charge in [0.05, 0.1) is 36.5 Å². The number of benzene rings is 1. The van der Waals surface area contributed by atoms with Gasteiger partial charge in [0.25, 0.3) is 0 Å². The van der Waals surface area contributed by atoms with Gasteiger partial charge in [-0.25, -0.2) is 4.98 Å². The smallest absolute Gasteiger partial charge is 0.244 e. The molecule has 1 saturated heterocycles. The van der Waals surface area contributed by atoms with Crippen LogP contribution in [0.5, 0.6) is 0 Å².